The Labute approximate surface area is 80.3 Å². The van der Waals surface area contributed by atoms with Crippen molar-refractivity contribution in [1.29, 1.82) is 0 Å². The molecule has 0 aromatic rings. The second kappa shape index (κ2) is 6.50. The van der Waals surface area contributed by atoms with E-state index in [1.807, 2.05) is 6.92 Å². The number of carbonyl (C=O) groups excluding carboxylic acids is 1. The molecule has 0 aliphatic heterocycles. The molecule has 0 spiro atoms. The molecule has 0 aliphatic carbocycles. The number of carbonyl (C=O) groups is 1. The molecule has 3 heteroatoms. The van der Waals surface area contributed by atoms with E-state index in [1.165, 1.54) is 0 Å². The molecule has 1 atom stereocenters. The van der Waals surface area contributed by atoms with Crippen molar-refractivity contribution in [1.82, 2.24) is 5.01 Å². The second-order valence-electron chi connectivity index (χ2n) is 3.32. The van der Waals surface area contributed by atoms with E-state index < -0.39 is 0 Å². The maximum Gasteiger partial charge on any atom is 0.237 e. The van der Waals surface area contributed by atoms with E-state index in [0.717, 1.165) is 17.9 Å². The van der Waals surface area contributed by atoms with Gasteiger partial charge in [0.2, 0.25) is 5.91 Å². The highest BCUT2D eigenvalue weighted by molar-refractivity contribution is 5.75. The lowest BCUT2D eigenvalue weighted by atomic mass is 10.0. The number of hydrogen-bond donors (Lipinski definition) is 1. The quantitative estimate of drug-likeness (QED) is 0.300. The van der Waals surface area contributed by atoms with Crippen molar-refractivity contribution < 1.29 is 4.79 Å². The smallest absolute Gasteiger partial charge is 0.237 e. The van der Waals surface area contributed by atoms with Crippen molar-refractivity contribution in [3.05, 3.63) is 0 Å². The normalized spacial score (nSPS) is 11.8. The molecule has 0 saturated carbocycles. The molecule has 0 aromatic heterocycles. The van der Waals surface area contributed by atoms with Gasteiger partial charge in [0.05, 0.1) is 6.54 Å². The van der Waals surface area contributed by atoms with Gasteiger partial charge < -0.3 is 0 Å². The summed E-state index contributed by atoms with van der Waals surface area (Å²) < 4.78 is 0. The van der Waals surface area contributed by atoms with Gasteiger partial charge in [-0.1, -0.05) is 32.6 Å². The Bertz CT molecular complexity index is 196. The van der Waals surface area contributed by atoms with E-state index in [9.17, 15) is 4.79 Å². The third-order valence-electron chi connectivity index (χ3n) is 1.89. The van der Waals surface area contributed by atoms with Crippen LogP contribution < -0.4 is 5.84 Å². The first-order valence-electron chi connectivity index (χ1n) is 4.60. The third-order valence-corrected chi connectivity index (χ3v) is 1.89. The number of hydrazine groups is 1. The van der Waals surface area contributed by atoms with Crippen molar-refractivity contribution >= 4 is 5.91 Å². The van der Waals surface area contributed by atoms with E-state index >= 15 is 0 Å². The molecule has 0 aromatic carbocycles. The molecular formula is C10H18N2O. The minimum absolute atomic E-state index is 0.0705. The minimum atomic E-state index is -0.0705. The molecule has 0 heterocycles. The molecule has 1 amide bonds. The lowest BCUT2D eigenvalue weighted by Gasteiger charge is -2.16. The molecule has 13 heavy (non-hydrogen) atoms. The van der Waals surface area contributed by atoms with Gasteiger partial charge >= 0.3 is 0 Å². The number of hydrogen-bond acceptors (Lipinski definition) is 2. The van der Waals surface area contributed by atoms with E-state index in [4.69, 9.17) is 12.3 Å². The van der Waals surface area contributed by atoms with Crippen LogP contribution in [0.15, 0.2) is 0 Å². The Morgan fingerprint density at radius 1 is 1.69 bits per heavy atom. The summed E-state index contributed by atoms with van der Waals surface area (Å²) >= 11 is 0. The number of terminal acetylenes is 1. The molecular weight excluding hydrogens is 164 g/mol. The topological polar surface area (TPSA) is 46.3 Å². The van der Waals surface area contributed by atoms with Crippen molar-refractivity contribution in [3.63, 3.8) is 0 Å². The molecule has 74 valence electrons. The van der Waals surface area contributed by atoms with Gasteiger partial charge in [-0.3, -0.25) is 9.80 Å². The van der Waals surface area contributed by atoms with Crippen LogP contribution in [0.1, 0.15) is 33.1 Å². The van der Waals surface area contributed by atoms with Gasteiger partial charge in [-0.25, -0.2) is 5.84 Å². The maximum atomic E-state index is 11.3. The summed E-state index contributed by atoms with van der Waals surface area (Å²) in [6.07, 6.45) is 7.67. The number of rotatable bonds is 5. The predicted molar refractivity (Wildman–Crippen MR) is 53.4 cm³/mol. The fourth-order valence-electron chi connectivity index (χ4n) is 1.20. The van der Waals surface area contributed by atoms with Gasteiger partial charge in [0.25, 0.3) is 0 Å². The zero-order valence-electron chi connectivity index (χ0n) is 8.42. The van der Waals surface area contributed by atoms with Gasteiger partial charge in [0, 0.05) is 6.42 Å². The highest BCUT2D eigenvalue weighted by atomic mass is 16.2. The van der Waals surface area contributed by atoms with Crippen LogP contribution in [0, 0.1) is 18.3 Å². The summed E-state index contributed by atoms with van der Waals surface area (Å²) in [5.41, 5.74) is 0. The summed E-state index contributed by atoms with van der Waals surface area (Å²) in [5, 5.41) is 1.10. The monoisotopic (exact) mass is 182 g/mol. The SMILES string of the molecule is C#CCN(N)C(=O)C[C@@H](C)CCC. The third kappa shape index (κ3) is 5.26. The fourth-order valence-corrected chi connectivity index (χ4v) is 1.20. The fraction of sp³-hybridized carbons (Fsp3) is 0.700. The molecule has 0 unspecified atom stereocenters. The molecule has 0 radical (unpaired) electrons. The Morgan fingerprint density at radius 2 is 2.31 bits per heavy atom. The summed E-state index contributed by atoms with van der Waals surface area (Å²) in [5.74, 6) is 8.07. The molecule has 0 fully saturated rings. The van der Waals surface area contributed by atoms with Crippen LogP contribution in [0.5, 0.6) is 0 Å². The van der Waals surface area contributed by atoms with Gasteiger partial charge in [0.15, 0.2) is 0 Å². The second-order valence-corrected chi connectivity index (χ2v) is 3.32. The van der Waals surface area contributed by atoms with Crippen molar-refractivity contribution in [2.75, 3.05) is 6.54 Å². The molecule has 0 aliphatic rings. The van der Waals surface area contributed by atoms with Gasteiger partial charge in [-0.2, -0.15) is 0 Å². The average Bonchev–Trinajstić information content (AvgIpc) is 2.05. The predicted octanol–water partition coefficient (Wildman–Crippen LogP) is 1.15. The first-order valence-corrected chi connectivity index (χ1v) is 4.60. The van der Waals surface area contributed by atoms with Gasteiger partial charge in [0.1, 0.15) is 0 Å². The van der Waals surface area contributed by atoms with E-state index in [1.54, 1.807) is 0 Å². The minimum Gasteiger partial charge on any atom is -0.273 e. The lowest BCUT2D eigenvalue weighted by Crippen LogP contribution is -2.38. The van der Waals surface area contributed by atoms with E-state index in [-0.39, 0.29) is 12.5 Å². The molecule has 3 nitrogen and oxygen atoms in total. The van der Waals surface area contributed by atoms with Crippen molar-refractivity contribution in [3.8, 4) is 12.3 Å². The first-order chi connectivity index (χ1) is 6.11. The molecule has 0 rings (SSSR count). The van der Waals surface area contributed by atoms with Gasteiger partial charge in [-0.05, 0) is 5.92 Å². The average molecular weight is 182 g/mol. The van der Waals surface area contributed by atoms with Crippen LogP contribution in [-0.4, -0.2) is 17.5 Å². The van der Waals surface area contributed by atoms with Crippen LogP contribution in [0.4, 0.5) is 0 Å². The highest BCUT2D eigenvalue weighted by Gasteiger charge is 2.12. The molecule has 0 bridgehead atoms. The summed E-state index contributed by atoms with van der Waals surface area (Å²) in [7, 11) is 0. The molecule has 2 N–H and O–H groups in total. The Kier molecular flexibility index (Phi) is 5.99. The highest BCUT2D eigenvalue weighted by Crippen LogP contribution is 2.10. The van der Waals surface area contributed by atoms with Crippen molar-refractivity contribution in [2.24, 2.45) is 11.8 Å². The van der Waals surface area contributed by atoms with Crippen LogP contribution in [-0.2, 0) is 4.79 Å². The van der Waals surface area contributed by atoms with Crippen molar-refractivity contribution in [2.45, 2.75) is 33.1 Å². The Morgan fingerprint density at radius 3 is 2.77 bits per heavy atom. The summed E-state index contributed by atoms with van der Waals surface area (Å²) in [6, 6.07) is 0. The first kappa shape index (κ1) is 12.0. The largest absolute Gasteiger partial charge is 0.273 e. The van der Waals surface area contributed by atoms with Crippen LogP contribution >= 0.6 is 0 Å². The van der Waals surface area contributed by atoms with Crippen LogP contribution in [0.25, 0.3) is 0 Å². The number of amides is 1. The Balaban J connectivity index is 3.79. The standard InChI is InChI=1S/C10H18N2O/c1-4-6-9(3)8-10(13)12(11)7-5-2/h2,9H,4,6-8,11H2,1,3H3/t9-/m0/s1. The summed E-state index contributed by atoms with van der Waals surface area (Å²) in [6.45, 7) is 4.34. The van der Waals surface area contributed by atoms with Crippen LogP contribution in [0.3, 0.4) is 0 Å². The van der Waals surface area contributed by atoms with E-state index in [0.29, 0.717) is 12.3 Å². The Hall–Kier alpha value is -1.01. The van der Waals surface area contributed by atoms with Crippen LogP contribution in [0.2, 0.25) is 0 Å². The zero-order valence-corrected chi connectivity index (χ0v) is 8.42. The maximum absolute atomic E-state index is 11.3. The lowest BCUT2D eigenvalue weighted by molar-refractivity contribution is -0.131. The molecule has 0 saturated heterocycles. The van der Waals surface area contributed by atoms with E-state index in [2.05, 4.69) is 12.8 Å². The van der Waals surface area contributed by atoms with Gasteiger partial charge in [-0.15, -0.1) is 6.42 Å². The number of nitrogens with zero attached hydrogens (tertiary/aromatic N) is 1. The zero-order chi connectivity index (χ0) is 10.3. The summed E-state index contributed by atoms with van der Waals surface area (Å²) in [4.78, 5) is 11.3. The number of nitrogens with two attached hydrogens (primary N) is 1.